The lowest BCUT2D eigenvalue weighted by molar-refractivity contribution is -0.384. The Morgan fingerprint density at radius 3 is 2.40 bits per heavy atom. The third-order valence-corrected chi connectivity index (χ3v) is 4.04. The maximum atomic E-state index is 11.7. The fourth-order valence-electron chi connectivity index (χ4n) is 1.44. The second-order valence-corrected chi connectivity index (χ2v) is 6.00. The molecule has 0 aliphatic heterocycles. The van der Waals surface area contributed by atoms with E-state index in [4.69, 9.17) is 0 Å². The number of hydrogen-bond donors (Lipinski definition) is 1. The van der Waals surface area contributed by atoms with E-state index in [9.17, 15) is 14.9 Å². The van der Waals surface area contributed by atoms with Gasteiger partial charge in [-0.3, -0.25) is 14.9 Å². The zero-order valence-corrected chi connectivity index (χ0v) is 12.8. The number of carbonyl (C=O) groups is 1. The molecule has 0 spiro atoms. The number of nitrogens with zero attached hydrogens (tertiary/aromatic N) is 1. The van der Waals surface area contributed by atoms with Crippen molar-refractivity contribution in [2.45, 2.75) is 32.6 Å². The van der Waals surface area contributed by atoms with Crippen LogP contribution in [0.2, 0.25) is 0 Å². The SMILES string of the molecule is CC(C)C(C)NC(=O)CSCc1ccc([N+](=O)[O-])cc1. The number of amides is 1. The van der Waals surface area contributed by atoms with Crippen LogP contribution in [0.15, 0.2) is 24.3 Å². The van der Waals surface area contributed by atoms with Gasteiger partial charge >= 0.3 is 0 Å². The maximum absolute atomic E-state index is 11.7. The van der Waals surface area contributed by atoms with E-state index in [1.165, 1.54) is 23.9 Å². The first kappa shape index (κ1) is 16.5. The van der Waals surface area contributed by atoms with Crippen molar-refractivity contribution in [2.24, 2.45) is 5.92 Å². The summed E-state index contributed by atoms with van der Waals surface area (Å²) in [4.78, 5) is 21.8. The summed E-state index contributed by atoms with van der Waals surface area (Å²) in [5, 5.41) is 13.5. The van der Waals surface area contributed by atoms with Crippen molar-refractivity contribution in [1.29, 1.82) is 0 Å². The molecule has 5 nitrogen and oxygen atoms in total. The van der Waals surface area contributed by atoms with Crippen molar-refractivity contribution in [1.82, 2.24) is 5.32 Å². The van der Waals surface area contributed by atoms with Crippen LogP contribution in [0.25, 0.3) is 0 Å². The smallest absolute Gasteiger partial charge is 0.269 e. The molecule has 6 heteroatoms. The van der Waals surface area contributed by atoms with Crippen LogP contribution in [0.1, 0.15) is 26.3 Å². The fourth-order valence-corrected chi connectivity index (χ4v) is 2.24. The first-order valence-corrected chi connectivity index (χ1v) is 7.66. The third-order valence-electron chi connectivity index (χ3n) is 3.04. The predicted molar refractivity (Wildman–Crippen MR) is 81.7 cm³/mol. The molecule has 0 aliphatic carbocycles. The summed E-state index contributed by atoms with van der Waals surface area (Å²) in [5.41, 5.74) is 1.06. The summed E-state index contributed by atoms with van der Waals surface area (Å²) in [6.07, 6.45) is 0. The van der Waals surface area contributed by atoms with Gasteiger partial charge in [-0.1, -0.05) is 26.0 Å². The minimum absolute atomic E-state index is 0.0260. The molecule has 0 bridgehead atoms. The van der Waals surface area contributed by atoms with Gasteiger partial charge in [0.1, 0.15) is 0 Å². The highest BCUT2D eigenvalue weighted by Gasteiger charge is 2.10. The van der Waals surface area contributed by atoms with Crippen molar-refractivity contribution < 1.29 is 9.72 Å². The Kier molecular flexibility index (Phi) is 6.51. The molecule has 1 N–H and O–H groups in total. The van der Waals surface area contributed by atoms with Crippen LogP contribution in [0.5, 0.6) is 0 Å². The normalized spacial score (nSPS) is 12.2. The molecule has 1 unspecified atom stereocenters. The summed E-state index contributed by atoms with van der Waals surface area (Å²) < 4.78 is 0. The Morgan fingerprint density at radius 2 is 1.90 bits per heavy atom. The highest BCUT2D eigenvalue weighted by atomic mass is 32.2. The van der Waals surface area contributed by atoms with Gasteiger partial charge in [-0.05, 0) is 18.4 Å². The fraction of sp³-hybridized carbons (Fsp3) is 0.500. The summed E-state index contributed by atoms with van der Waals surface area (Å²) in [7, 11) is 0. The van der Waals surface area contributed by atoms with Crippen LogP contribution in [0.3, 0.4) is 0 Å². The third kappa shape index (κ3) is 5.61. The minimum atomic E-state index is -0.419. The molecule has 1 amide bonds. The van der Waals surface area contributed by atoms with E-state index >= 15 is 0 Å². The summed E-state index contributed by atoms with van der Waals surface area (Å²) in [6.45, 7) is 6.12. The van der Waals surface area contributed by atoms with Crippen LogP contribution in [-0.4, -0.2) is 22.6 Å². The number of nitro benzene ring substituents is 1. The van der Waals surface area contributed by atoms with Gasteiger partial charge in [0, 0.05) is 23.9 Å². The number of thioether (sulfide) groups is 1. The van der Waals surface area contributed by atoms with Crippen molar-refractivity contribution >= 4 is 23.4 Å². The van der Waals surface area contributed by atoms with E-state index in [0.717, 1.165) is 5.56 Å². The van der Waals surface area contributed by atoms with Gasteiger partial charge in [-0.2, -0.15) is 0 Å². The Hall–Kier alpha value is -1.56. The van der Waals surface area contributed by atoms with E-state index in [0.29, 0.717) is 17.4 Å². The highest BCUT2D eigenvalue weighted by molar-refractivity contribution is 7.99. The van der Waals surface area contributed by atoms with Gasteiger partial charge in [0.25, 0.3) is 5.69 Å². The van der Waals surface area contributed by atoms with Crippen molar-refractivity contribution in [3.63, 3.8) is 0 Å². The number of nitrogens with one attached hydrogen (secondary N) is 1. The van der Waals surface area contributed by atoms with Crippen LogP contribution < -0.4 is 5.32 Å². The molecular formula is C14H20N2O3S. The quantitative estimate of drug-likeness (QED) is 0.620. The van der Waals surface area contributed by atoms with E-state index < -0.39 is 4.92 Å². The predicted octanol–water partition coefficient (Wildman–Crippen LogP) is 2.99. The Labute approximate surface area is 123 Å². The van der Waals surface area contributed by atoms with E-state index in [2.05, 4.69) is 19.2 Å². The van der Waals surface area contributed by atoms with Crippen LogP contribution in [-0.2, 0) is 10.5 Å². The topological polar surface area (TPSA) is 72.2 Å². The molecule has 1 rings (SSSR count). The largest absolute Gasteiger partial charge is 0.353 e. The second-order valence-electron chi connectivity index (χ2n) is 5.02. The summed E-state index contributed by atoms with van der Waals surface area (Å²) in [6, 6.07) is 6.58. The standard InChI is InChI=1S/C14H20N2O3S/c1-10(2)11(3)15-14(17)9-20-8-12-4-6-13(7-5-12)16(18)19/h4-7,10-11H,8-9H2,1-3H3,(H,15,17). The van der Waals surface area contributed by atoms with Crippen molar-refractivity contribution in [3.05, 3.63) is 39.9 Å². The zero-order valence-electron chi connectivity index (χ0n) is 12.0. The van der Waals surface area contributed by atoms with E-state index in [-0.39, 0.29) is 17.6 Å². The summed E-state index contributed by atoms with van der Waals surface area (Å²) in [5.74, 6) is 1.51. The monoisotopic (exact) mass is 296 g/mol. The first-order valence-electron chi connectivity index (χ1n) is 6.50. The first-order chi connectivity index (χ1) is 9.40. The van der Waals surface area contributed by atoms with Gasteiger partial charge in [0.2, 0.25) is 5.91 Å². The van der Waals surface area contributed by atoms with Crippen LogP contribution in [0, 0.1) is 16.0 Å². The number of hydrogen-bond acceptors (Lipinski definition) is 4. The number of rotatable bonds is 7. The number of nitro groups is 1. The second kappa shape index (κ2) is 7.89. The average molecular weight is 296 g/mol. The average Bonchev–Trinajstić information content (AvgIpc) is 2.39. The molecule has 0 aliphatic rings. The summed E-state index contributed by atoms with van der Waals surface area (Å²) >= 11 is 1.50. The molecule has 0 aromatic heterocycles. The molecule has 0 fully saturated rings. The molecule has 0 saturated heterocycles. The molecule has 1 aromatic rings. The number of benzene rings is 1. The van der Waals surface area contributed by atoms with Gasteiger partial charge in [0.05, 0.1) is 10.7 Å². The Bertz CT molecular complexity index is 460. The van der Waals surface area contributed by atoms with Gasteiger partial charge < -0.3 is 5.32 Å². The van der Waals surface area contributed by atoms with E-state index in [1.807, 2.05) is 6.92 Å². The van der Waals surface area contributed by atoms with Crippen molar-refractivity contribution in [3.8, 4) is 0 Å². The Balaban J connectivity index is 2.33. The van der Waals surface area contributed by atoms with Gasteiger partial charge in [-0.15, -0.1) is 11.8 Å². The molecule has 0 saturated carbocycles. The maximum Gasteiger partial charge on any atom is 0.269 e. The Morgan fingerprint density at radius 1 is 1.30 bits per heavy atom. The molecule has 110 valence electrons. The molecule has 1 aromatic carbocycles. The molecular weight excluding hydrogens is 276 g/mol. The van der Waals surface area contributed by atoms with Gasteiger partial charge in [0.15, 0.2) is 0 Å². The van der Waals surface area contributed by atoms with Gasteiger partial charge in [-0.25, -0.2) is 0 Å². The van der Waals surface area contributed by atoms with Crippen LogP contribution in [0.4, 0.5) is 5.69 Å². The van der Waals surface area contributed by atoms with Crippen molar-refractivity contribution in [2.75, 3.05) is 5.75 Å². The zero-order chi connectivity index (χ0) is 15.1. The number of carbonyl (C=O) groups excluding carboxylic acids is 1. The minimum Gasteiger partial charge on any atom is -0.353 e. The molecule has 1 atom stereocenters. The van der Waals surface area contributed by atoms with E-state index in [1.54, 1.807) is 12.1 Å². The number of non-ortho nitro benzene ring substituents is 1. The molecule has 0 heterocycles. The molecule has 20 heavy (non-hydrogen) atoms. The lowest BCUT2D eigenvalue weighted by Gasteiger charge is -2.17. The lowest BCUT2D eigenvalue weighted by atomic mass is 10.1. The van der Waals surface area contributed by atoms with Crippen LogP contribution >= 0.6 is 11.8 Å². The molecule has 0 radical (unpaired) electrons. The highest BCUT2D eigenvalue weighted by Crippen LogP contribution is 2.16. The lowest BCUT2D eigenvalue weighted by Crippen LogP contribution is -2.37.